The Morgan fingerprint density at radius 1 is 1.33 bits per heavy atom. The van der Waals surface area contributed by atoms with E-state index in [4.69, 9.17) is 4.74 Å². The largest absolute Gasteiger partial charge is 0.494 e. The summed E-state index contributed by atoms with van der Waals surface area (Å²) in [6.45, 7) is 2.61. The van der Waals surface area contributed by atoms with E-state index >= 15 is 0 Å². The van der Waals surface area contributed by atoms with Gasteiger partial charge < -0.3 is 10.1 Å². The number of carbonyl (C=O) groups excluding carboxylic acids is 2. The van der Waals surface area contributed by atoms with Crippen LogP contribution < -0.4 is 10.1 Å². The molecule has 0 aromatic heterocycles. The molecule has 0 saturated carbocycles. The highest BCUT2D eigenvalue weighted by atomic mass is 16.5. The molecule has 1 aromatic carbocycles. The van der Waals surface area contributed by atoms with Gasteiger partial charge in [0.1, 0.15) is 5.75 Å². The van der Waals surface area contributed by atoms with E-state index < -0.39 is 11.7 Å². The van der Waals surface area contributed by atoms with E-state index in [1.54, 1.807) is 18.2 Å². The highest BCUT2D eigenvalue weighted by molar-refractivity contribution is 6.51. The van der Waals surface area contributed by atoms with Crippen molar-refractivity contribution >= 4 is 17.4 Å². The summed E-state index contributed by atoms with van der Waals surface area (Å²) in [6, 6.07) is 5.03. The molecule has 4 nitrogen and oxygen atoms in total. The maximum Gasteiger partial charge on any atom is 0.296 e. The minimum atomic E-state index is -0.572. The molecule has 15 heavy (non-hydrogen) atoms. The number of hydrogen-bond acceptors (Lipinski definition) is 3. The van der Waals surface area contributed by atoms with E-state index in [-0.39, 0.29) is 0 Å². The molecule has 2 rings (SSSR count). The lowest BCUT2D eigenvalue weighted by Gasteiger charge is -2.05. The first-order valence-electron chi connectivity index (χ1n) is 4.85. The fourth-order valence-corrected chi connectivity index (χ4v) is 1.43. The number of anilines is 1. The van der Waals surface area contributed by atoms with Gasteiger partial charge in [-0.2, -0.15) is 0 Å². The van der Waals surface area contributed by atoms with Crippen LogP contribution in [0.15, 0.2) is 18.2 Å². The number of ketones is 1. The molecule has 1 N–H and O–H groups in total. The van der Waals surface area contributed by atoms with E-state index in [9.17, 15) is 9.59 Å². The lowest BCUT2D eigenvalue weighted by Crippen LogP contribution is -2.12. The number of amides is 1. The second kappa shape index (κ2) is 3.73. The summed E-state index contributed by atoms with van der Waals surface area (Å²) < 4.78 is 5.37. The summed E-state index contributed by atoms with van der Waals surface area (Å²) in [5, 5.41) is 2.49. The molecule has 1 aromatic rings. The first-order chi connectivity index (χ1) is 7.22. The fourth-order valence-electron chi connectivity index (χ4n) is 1.43. The van der Waals surface area contributed by atoms with E-state index in [2.05, 4.69) is 5.32 Å². The Morgan fingerprint density at radius 2 is 2.13 bits per heavy atom. The van der Waals surface area contributed by atoms with Gasteiger partial charge in [-0.1, -0.05) is 6.92 Å². The molecule has 0 spiro atoms. The van der Waals surface area contributed by atoms with Crippen molar-refractivity contribution in [3.05, 3.63) is 23.8 Å². The molecule has 0 unspecified atom stereocenters. The Kier molecular flexibility index (Phi) is 2.41. The smallest absolute Gasteiger partial charge is 0.296 e. The minimum Gasteiger partial charge on any atom is -0.494 e. The zero-order valence-corrected chi connectivity index (χ0v) is 8.37. The first kappa shape index (κ1) is 9.71. The Bertz CT molecular complexity index is 426. The van der Waals surface area contributed by atoms with Gasteiger partial charge in [-0.3, -0.25) is 9.59 Å². The normalized spacial score (nSPS) is 13.7. The van der Waals surface area contributed by atoms with Crippen LogP contribution in [0.1, 0.15) is 23.7 Å². The first-order valence-corrected chi connectivity index (χ1v) is 4.85. The Labute approximate surface area is 87.2 Å². The molecule has 0 atom stereocenters. The highest BCUT2D eigenvalue weighted by Crippen LogP contribution is 2.27. The Balaban J connectivity index is 2.27. The SMILES string of the molecule is CCCOc1ccc2c(c1)C(=O)C(=O)N2. The van der Waals surface area contributed by atoms with Crippen molar-refractivity contribution in [3.63, 3.8) is 0 Å². The summed E-state index contributed by atoms with van der Waals surface area (Å²) in [6.07, 6.45) is 0.905. The summed E-state index contributed by atoms with van der Waals surface area (Å²) in [7, 11) is 0. The van der Waals surface area contributed by atoms with Crippen molar-refractivity contribution in [2.75, 3.05) is 11.9 Å². The standard InChI is InChI=1S/C11H11NO3/c1-2-5-15-7-3-4-9-8(6-7)10(13)11(14)12-9/h3-4,6H,2,5H2,1H3,(H,12,13,14). The van der Waals surface area contributed by atoms with Crippen LogP contribution in [0.5, 0.6) is 5.75 Å². The zero-order chi connectivity index (χ0) is 10.8. The van der Waals surface area contributed by atoms with Gasteiger partial charge in [-0.05, 0) is 24.6 Å². The summed E-state index contributed by atoms with van der Waals surface area (Å²) in [5.74, 6) is -0.440. The number of nitrogens with one attached hydrogen (secondary N) is 1. The lowest BCUT2D eigenvalue weighted by molar-refractivity contribution is -0.112. The van der Waals surface area contributed by atoms with Crippen molar-refractivity contribution in [2.45, 2.75) is 13.3 Å². The average molecular weight is 205 g/mol. The van der Waals surface area contributed by atoms with Crippen LogP contribution in [0, 0.1) is 0 Å². The van der Waals surface area contributed by atoms with E-state index in [1.165, 1.54) is 0 Å². The molecule has 1 amide bonds. The second-order valence-electron chi connectivity index (χ2n) is 3.34. The average Bonchev–Trinajstić information content (AvgIpc) is 2.52. The van der Waals surface area contributed by atoms with Gasteiger partial charge in [0, 0.05) is 0 Å². The van der Waals surface area contributed by atoms with Crippen LogP contribution in [-0.2, 0) is 4.79 Å². The van der Waals surface area contributed by atoms with Gasteiger partial charge in [-0.25, -0.2) is 0 Å². The number of carbonyl (C=O) groups is 2. The van der Waals surface area contributed by atoms with Gasteiger partial charge in [0.25, 0.3) is 11.7 Å². The summed E-state index contributed by atoms with van der Waals surface area (Å²) in [4.78, 5) is 22.4. The van der Waals surface area contributed by atoms with E-state index in [1.807, 2.05) is 6.92 Å². The minimum absolute atomic E-state index is 0.397. The van der Waals surface area contributed by atoms with Gasteiger partial charge in [-0.15, -0.1) is 0 Å². The number of benzene rings is 1. The lowest BCUT2D eigenvalue weighted by atomic mass is 10.1. The van der Waals surface area contributed by atoms with Crippen molar-refractivity contribution in [3.8, 4) is 5.75 Å². The predicted octanol–water partition coefficient (Wildman–Crippen LogP) is 1.61. The van der Waals surface area contributed by atoms with E-state index in [0.29, 0.717) is 23.6 Å². The number of hydrogen-bond donors (Lipinski definition) is 1. The van der Waals surface area contributed by atoms with Crippen LogP contribution in [-0.4, -0.2) is 18.3 Å². The van der Waals surface area contributed by atoms with Crippen molar-refractivity contribution in [2.24, 2.45) is 0 Å². The van der Waals surface area contributed by atoms with Crippen molar-refractivity contribution in [1.82, 2.24) is 0 Å². The molecule has 1 aliphatic rings. The zero-order valence-electron chi connectivity index (χ0n) is 8.37. The molecule has 0 fully saturated rings. The third-order valence-corrected chi connectivity index (χ3v) is 2.16. The van der Waals surface area contributed by atoms with Gasteiger partial charge in [0.2, 0.25) is 0 Å². The fraction of sp³-hybridized carbons (Fsp3) is 0.273. The second-order valence-corrected chi connectivity index (χ2v) is 3.34. The molecule has 1 heterocycles. The molecular weight excluding hydrogens is 194 g/mol. The molecule has 0 aliphatic carbocycles. The topological polar surface area (TPSA) is 55.4 Å². The van der Waals surface area contributed by atoms with Crippen LogP contribution >= 0.6 is 0 Å². The number of fused-ring (bicyclic) bond motifs is 1. The van der Waals surface area contributed by atoms with Gasteiger partial charge >= 0.3 is 0 Å². The molecule has 4 heteroatoms. The maximum absolute atomic E-state index is 11.4. The molecule has 0 radical (unpaired) electrons. The third-order valence-electron chi connectivity index (χ3n) is 2.16. The van der Waals surface area contributed by atoms with Crippen molar-refractivity contribution in [1.29, 1.82) is 0 Å². The van der Waals surface area contributed by atoms with Gasteiger partial charge in [0.15, 0.2) is 0 Å². The molecular formula is C11H11NO3. The Hall–Kier alpha value is -1.84. The number of ether oxygens (including phenoxy) is 1. The molecule has 1 aliphatic heterocycles. The quantitative estimate of drug-likeness (QED) is 0.763. The van der Waals surface area contributed by atoms with Crippen LogP contribution in [0.2, 0.25) is 0 Å². The predicted molar refractivity (Wildman–Crippen MR) is 55.2 cm³/mol. The van der Waals surface area contributed by atoms with Crippen LogP contribution in [0.3, 0.4) is 0 Å². The Morgan fingerprint density at radius 3 is 2.87 bits per heavy atom. The van der Waals surface area contributed by atoms with E-state index in [0.717, 1.165) is 6.42 Å². The molecule has 78 valence electrons. The third kappa shape index (κ3) is 1.70. The van der Waals surface area contributed by atoms with Gasteiger partial charge in [0.05, 0.1) is 17.9 Å². The highest BCUT2D eigenvalue weighted by Gasteiger charge is 2.27. The number of Topliss-reactive ketones (excluding diaryl/α,β-unsaturated/α-hetero) is 1. The van der Waals surface area contributed by atoms with Crippen molar-refractivity contribution < 1.29 is 14.3 Å². The van der Waals surface area contributed by atoms with Crippen LogP contribution in [0.25, 0.3) is 0 Å². The molecule has 0 bridgehead atoms. The number of rotatable bonds is 3. The van der Waals surface area contributed by atoms with Crippen LogP contribution in [0.4, 0.5) is 5.69 Å². The molecule has 0 saturated heterocycles. The monoisotopic (exact) mass is 205 g/mol. The summed E-state index contributed by atoms with van der Waals surface area (Å²) >= 11 is 0. The maximum atomic E-state index is 11.4. The summed E-state index contributed by atoms with van der Waals surface area (Å²) in [5.41, 5.74) is 0.961.